The van der Waals surface area contributed by atoms with Crippen molar-refractivity contribution >= 4 is 11.6 Å². The van der Waals surface area contributed by atoms with E-state index in [0.29, 0.717) is 12.5 Å². The highest BCUT2D eigenvalue weighted by Crippen LogP contribution is 2.29. The maximum atomic E-state index is 13.0. The molecule has 1 unspecified atom stereocenters. The quantitative estimate of drug-likeness (QED) is 0.872. The summed E-state index contributed by atoms with van der Waals surface area (Å²) in [6.45, 7) is 5.29. The molecule has 3 fully saturated rings. The Hall–Kier alpha value is -1.75. The highest BCUT2D eigenvalue weighted by Gasteiger charge is 2.38. The first-order chi connectivity index (χ1) is 13.3. The van der Waals surface area contributed by atoms with Crippen LogP contribution in [0.25, 0.3) is 0 Å². The maximum Gasteiger partial charge on any atom is 0.277 e. The summed E-state index contributed by atoms with van der Waals surface area (Å²) in [5.41, 5.74) is 1.14. The van der Waals surface area contributed by atoms with Crippen LogP contribution in [0, 0.1) is 5.92 Å². The van der Waals surface area contributed by atoms with E-state index in [4.69, 9.17) is 4.74 Å². The second kappa shape index (κ2) is 8.51. The minimum absolute atomic E-state index is 0.357. The molecule has 1 aromatic rings. The molecule has 5 nitrogen and oxygen atoms in total. The largest absolute Gasteiger partial charge is 0.495 e. The summed E-state index contributed by atoms with van der Waals surface area (Å²) in [5.74, 6) is 2.15. The topological polar surface area (TPSA) is 37.2 Å². The van der Waals surface area contributed by atoms with Crippen LogP contribution in [0.2, 0.25) is 0 Å². The first-order valence-electron chi connectivity index (χ1n) is 10.8. The van der Waals surface area contributed by atoms with Crippen molar-refractivity contribution in [3.05, 3.63) is 24.3 Å². The molecule has 3 atom stereocenters. The Morgan fingerprint density at radius 2 is 1.81 bits per heavy atom. The summed E-state index contributed by atoms with van der Waals surface area (Å²) < 4.78 is 5.50. The van der Waals surface area contributed by atoms with Crippen molar-refractivity contribution in [3.8, 4) is 5.75 Å². The molecular weight excluding hydrogens is 338 g/mol. The summed E-state index contributed by atoms with van der Waals surface area (Å²) in [7, 11) is 1.72. The van der Waals surface area contributed by atoms with Crippen LogP contribution in [-0.2, 0) is 4.79 Å². The van der Waals surface area contributed by atoms with Gasteiger partial charge in [0.15, 0.2) is 6.54 Å². The van der Waals surface area contributed by atoms with Gasteiger partial charge in [-0.05, 0) is 44.2 Å². The predicted molar refractivity (Wildman–Crippen MR) is 107 cm³/mol. The zero-order valence-electron chi connectivity index (χ0n) is 16.7. The van der Waals surface area contributed by atoms with E-state index < -0.39 is 0 Å². The normalized spacial score (nSPS) is 28.6. The number of nitrogens with one attached hydrogen (secondary N) is 1. The smallest absolute Gasteiger partial charge is 0.277 e. The molecule has 0 aromatic heterocycles. The molecule has 0 radical (unpaired) electrons. The van der Waals surface area contributed by atoms with E-state index in [1.165, 1.54) is 45.1 Å². The number of piperazine rings is 1. The average molecular weight is 373 g/mol. The molecular formula is C22H34N3O2+. The number of nitrogens with zero attached hydrogens (tertiary/aromatic N) is 2. The average Bonchev–Trinajstić information content (AvgIpc) is 2.74. The fourth-order valence-corrected chi connectivity index (χ4v) is 5.48. The fourth-order valence-electron chi connectivity index (χ4n) is 5.48. The summed E-state index contributed by atoms with van der Waals surface area (Å²) in [6.07, 6.45) is 8.16. The summed E-state index contributed by atoms with van der Waals surface area (Å²) >= 11 is 0. The van der Waals surface area contributed by atoms with Crippen LogP contribution in [0.4, 0.5) is 5.69 Å². The molecule has 27 heavy (non-hydrogen) atoms. The van der Waals surface area contributed by atoms with Gasteiger partial charge in [0, 0.05) is 32.1 Å². The van der Waals surface area contributed by atoms with Gasteiger partial charge in [-0.1, -0.05) is 18.6 Å². The standard InChI is InChI=1S/C22H33N3O2/c1-27-21-11-5-4-10-20(21)23-13-15-24(16-14-23)22(26)17-25-12-6-8-18-7-2-3-9-19(18)25/h4-5,10-11,18-19H,2-3,6-9,12-17H2,1H3/p+1/t18-,19+/m1/s1. The number of anilines is 1. The van der Waals surface area contributed by atoms with Crippen molar-refractivity contribution in [1.82, 2.24) is 4.90 Å². The van der Waals surface area contributed by atoms with Gasteiger partial charge in [0.2, 0.25) is 0 Å². The number of quaternary nitrogens is 1. The van der Waals surface area contributed by atoms with Crippen LogP contribution in [0.15, 0.2) is 24.3 Å². The second-order valence-corrected chi connectivity index (χ2v) is 8.42. The Labute approximate surface area is 163 Å². The van der Waals surface area contributed by atoms with E-state index in [1.807, 2.05) is 12.1 Å². The SMILES string of the molecule is COc1ccccc1N1CCN(C(=O)C[NH+]2CCC[C@H]3CCCC[C@@H]32)CC1. The third kappa shape index (κ3) is 4.08. The predicted octanol–water partition coefficient (Wildman–Crippen LogP) is 1.58. The number of fused-ring (bicyclic) bond motifs is 1. The van der Waals surface area contributed by atoms with E-state index in [0.717, 1.165) is 49.6 Å². The Morgan fingerprint density at radius 3 is 2.63 bits per heavy atom. The molecule has 0 spiro atoms. The molecule has 1 saturated carbocycles. The second-order valence-electron chi connectivity index (χ2n) is 8.42. The minimum atomic E-state index is 0.357. The zero-order chi connectivity index (χ0) is 18.6. The van der Waals surface area contributed by atoms with Crippen molar-refractivity contribution in [1.29, 1.82) is 0 Å². The summed E-state index contributed by atoms with van der Waals surface area (Å²) in [5, 5.41) is 0. The van der Waals surface area contributed by atoms with Crippen molar-refractivity contribution < 1.29 is 14.4 Å². The number of para-hydroxylation sites is 2. The molecule has 1 aromatic carbocycles. The van der Waals surface area contributed by atoms with Gasteiger partial charge in [-0.25, -0.2) is 0 Å². The highest BCUT2D eigenvalue weighted by atomic mass is 16.5. The van der Waals surface area contributed by atoms with E-state index in [2.05, 4.69) is 21.9 Å². The number of methoxy groups -OCH3 is 1. The molecule has 2 aliphatic heterocycles. The van der Waals surface area contributed by atoms with Gasteiger partial charge in [-0.15, -0.1) is 0 Å². The number of hydrogen-bond donors (Lipinski definition) is 1. The molecule has 1 N–H and O–H groups in total. The molecule has 4 rings (SSSR count). The molecule has 1 amide bonds. The summed E-state index contributed by atoms with van der Waals surface area (Å²) in [6, 6.07) is 8.91. The fraction of sp³-hybridized carbons (Fsp3) is 0.682. The molecule has 5 heteroatoms. The van der Waals surface area contributed by atoms with Gasteiger partial charge < -0.3 is 19.4 Å². The van der Waals surface area contributed by atoms with E-state index in [-0.39, 0.29) is 0 Å². The van der Waals surface area contributed by atoms with Crippen LogP contribution in [0.3, 0.4) is 0 Å². The molecule has 3 aliphatic rings. The molecule has 2 saturated heterocycles. The molecule has 2 heterocycles. The first kappa shape index (κ1) is 18.6. The Morgan fingerprint density at radius 1 is 1.07 bits per heavy atom. The molecule has 1 aliphatic carbocycles. The zero-order valence-corrected chi connectivity index (χ0v) is 16.7. The number of benzene rings is 1. The van der Waals surface area contributed by atoms with E-state index >= 15 is 0 Å². The third-order valence-electron chi connectivity index (χ3n) is 6.94. The highest BCUT2D eigenvalue weighted by molar-refractivity contribution is 5.77. The van der Waals surface area contributed by atoms with Gasteiger partial charge in [-0.2, -0.15) is 0 Å². The van der Waals surface area contributed by atoms with E-state index in [9.17, 15) is 4.79 Å². The lowest BCUT2D eigenvalue weighted by atomic mass is 9.78. The lowest BCUT2D eigenvalue weighted by Crippen LogP contribution is -3.18. The Kier molecular flexibility index (Phi) is 5.86. The van der Waals surface area contributed by atoms with Crippen molar-refractivity contribution in [3.63, 3.8) is 0 Å². The van der Waals surface area contributed by atoms with Gasteiger partial charge >= 0.3 is 0 Å². The van der Waals surface area contributed by atoms with Crippen LogP contribution < -0.4 is 14.5 Å². The summed E-state index contributed by atoms with van der Waals surface area (Å²) in [4.78, 5) is 19.0. The van der Waals surface area contributed by atoms with Gasteiger partial charge in [0.1, 0.15) is 5.75 Å². The Bertz CT molecular complexity index is 640. The monoisotopic (exact) mass is 372 g/mol. The van der Waals surface area contributed by atoms with Gasteiger partial charge in [0.05, 0.1) is 25.4 Å². The molecule has 0 bridgehead atoms. The number of likely N-dealkylation sites (tertiary alicyclic amines) is 1. The first-order valence-corrected chi connectivity index (χ1v) is 10.8. The van der Waals surface area contributed by atoms with Crippen molar-refractivity contribution in [2.75, 3.05) is 51.3 Å². The lowest BCUT2D eigenvalue weighted by molar-refractivity contribution is -0.929. The minimum Gasteiger partial charge on any atom is -0.495 e. The number of rotatable bonds is 4. The van der Waals surface area contributed by atoms with Crippen LogP contribution in [0.5, 0.6) is 5.75 Å². The number of carbonyl (C=O) groups excluding carboxylic acids is 1. The van der Waals surface area contributed by atoms with Crippen LogP contribution in [0.1, 0.15) is 38.5 Å². The number of amides is 1. The van der Waals surface area contributed by atoms with E-state index in [1.54, 1.807) is 12.0 Å². The maximum absolute atomic E-state index is 13.0. The van der Waals surface area contributed by atoms with Crippen molar-refractivity contribution in [2.45, 2.75) is 44.6 Å². The number of ether oxygens (including phenoxy) is 1. The lowest BCUT2D eigenvalue weighted by Gasteiger charge is -2.42. The van der Waals surface area contributed by atoms with Gasteiger partial charge in [0.25, 0.3) is 5.91 Å². The molecule has 148 valence electrons. The number of piperidine rings is 1. The number of carbonyl (C=O) groups is 1. The Balaban J connectivity index is 1.32. The number of hydrogen-bond acceptors (Lipinski definition) is 3. The van der Waals surface area contributed by atoms with Crippen molar-refractivity contribution in [2.24, 2.45) is 5.92 Å². The van der Waals surface area contributed by atoms with Gasteiger partial charge in [-0.3, -0.25) is 4.79 Å². The van der Waals surface area contributed by atoms with Crippen LogP contribution in [-0.4, -0.2) is 63.2 Å². The van der Waals surface area contributed by atoms with Crippen LogP contribution >= 0.6 is 0 Å². The third-order valence-corrected chi connectivity index (χ3v) is 6.94.